The summed E-state index contributed by atoms with van der Waals surface area (Å²) in [6.07, 6.45) is 50.9. The molecule has 0 radical (unpaired) electrons. The molecule has 0 spiro atoms. The van der Waals surface area contributed by atoms with Crippen LogP contribution in [0, 0.1) is 0 Å². The summed E-state index contributed by atoms with van der Waals surface area (Å²) in [5.41, 5.74) is 0. The zero-order valence-electron chi connectivity index (χ0n) is 25.5. The molecule has 1 nitrogen and oxygen atoms in total. The van der Waals surface area contributed by atoms with Gasteiger partial charge in [-0.15, -0.1) is 0 Å². The molecule has 0 aliphatic rings. The van der Waals surface area contributed by atoms with Gasteiger partial charge in [-0.25, -0.2) is 0 Å². The van der Waals surface area contributed by atoms with Gasteiger partial charge in [0, 0.05) is 0 Å². The molecule has 0 atom stereocenters. The largest absolute Gasteiger partial charge is 0.317 e. The Labute approximate surface area is 234 Å². The maximum atomic E-state index is 3.66. The molecule has 0 aromatic carbocycles. The number of hydrogen-bond donors (Lipinski definition) is 1. The molecule has 0 aromatic rings. The Kier molecular flexibility index (Phi) is 33.9. The molecule has 0 aromatic heterocycles. The number of nitrogens with one attached hydrogen (secondary N) is 1. The molecule has 0 rings (SSSR count). The van der Waals surface area contributed by atoms with Crippen molar-refractivity contribution in [2.75, 3.05) is 13.1 Å². The molecule has 0 fully saturated rings. The summed E-state index contributed by atoms with van der Waals surface area (Å²) < 4.78 is 0. The second-order valence-corrected chi connectivity index (χ2v) is 10.9. The van der Waals surface area contributed by atoms with Gasteiger partial charge in [-0.2, -0.15) is 0 Å². The fraction of sp³-hybridized carbons (Fsp3) is 0.778. The summed E-state index contributed by atoms with van der Waals surface area (Å²) in [6, 6.07) is 0. The molecule has 0 aliphatic carbocycles. The van der Waals surface area contributed by atoms with Crippen LogP contribution in [-0.4, -0.2) is 13.1 Å². The van der Waals surface area contributed by atoms with Crippen LogP contribution in [0.3, 0.4) is 0 Å². The lowest BCUT2D eigenvalue weighted by Gasteiger charge is -2.05. The third kappa shape index (κ3) is 34.9. The highest BCUT2D eigenvalue weighted by Crippen LogP contribution is 2.10. The van der Waals surface area contributed by atoms with Gasteiger partial charge in [0.15, 0.2) is 0 Å². The Hall–Kier alpha value is -1.08. The van der Waals surface area contributed by atoms with Gasteiger partial charge in [-0.1, -0.05) is 146 Å². The Bertz CT molecular complexity index is 513. The highest BCUT2D eigenvalue weighted by atomic mass is 14.8. The SMILES string of the molecule is CCCCC/C=C\C=C\CCCCCCCCNCCCCCCCCC/C=C\C/C=C\CCCCC. The molecule has 37 heavy (non-hydrogen) atoms. The Morgan fingerprint density at radius 2 is 0.703 bits per heavy atom. The van der Waals surface area contributed by atoms with E-state index in [-0.39, 0.29) is 0 Å². The number of allylic oxidation sites excluding steroid dienone is 8. The molecule has 0 unspecified atom stereocenters. The quantitative estimate of drug-likeness (QED) is 0.0572. The monoisotopic (exact) mass is 514 g/mol. The fourth-order valence-corrected chi connectivity index (χ4v) is 4.62. The topological polar surface area (TPSA) is 12.0 Å². The van der Waals surface area contributed by atoms with Crippen LogP contribution in [-0.2, 0) is 0 Å². The lowest BCUT2D eigenvalue weighted by atomic mass is 10.1. The molecule has 0 aliphatic heterocycles. The van der Waals surface area contributed by atoms with Crippen LogP contribution in [0.5, 0.6) is 0 Å². The van der Waals surface area contributed by atoms with E-state index in [0.717, 1.165) is 6.42 Å². The van der Waals surface area contributed by atoms with Crippen molar-refractivity contribution < 1.29 is 0 Å². The first-order valence-corrected chi connectivity index (χ1v) is 16.7. The third-order valence-corrected chi connectivity index (χ3v) is 7.14. The van der Waals surface area contributed by atoms with Gasteiger partial charge < -0.3 is 5.32 Å². The maximum absolute atomic E-state index is 3.66. The predicted octanol–water partition coefficient (Wildman–Crippen LogP) is 12.2. The molecule has 216 valence electrons. The minimum Gasteiger partial charge on any atom is -0.317 e. The third-order valence-electron chi connectivity index (χ3n) is 7.14. The summed E-state index contributed by atoms with van der Waals surface area (Å²) in [5, 5.41) is 3.66. The van der Waals surface area contributed by atoms with E-state index in [9.17, 15) is 0 Å². The average Bonchev–Trinajstić information content (AvgIpc) is 2.91. The van der Waals surface area contributed by atoms with Crippen LogP contribution in [0.15, 0.2) is 48.6 Å². The van der Waals surface area contributed by atoms with Gasteiger partial charge in [0.05, 0.1) is 0 Å². The molecule has 0 amide bonds. The van der Waals surface area contributed by atoms with Crippen molar-refractivity contribution in [1.29, 1.82) is 0 Å². The minimum atomic E-state index is 1.12. The predicted molar refractivity (Wildman–Crippen MR) is 172 cm³/mol. The lowest BCUT2D eigenvalue weighted by molar-refractivity contribution is 0.537. The Morgan fingerprint density at radius 3 is 1.14 bits per heavy atom. The van der Waals surface area contributed by atoms with Crippen molar-refractivity contribution in [2.45, 2.75) is 168 Å². The zero-order valence-corrected chi connectivity index (χ0v) is 25.5. The van der Waals surface area contributed by atoms with Crippen LogP contribution in [0.4, 0.5) is 0 Å². The van der Waals surface area contributed by atoms with Crippen LogP contribution in [0.25, 0.3) is 0 Å². The minimum absolute atomic E-state index is 1.12. The van der Waals surface area contributed by atoms with Gasteiger partial charge in [0.1, 0.15) is 0 Å². The van der Waals surface area contributed by atoms with Crippen molar-refractivity contribution >= 4 is 0 Å². The maximum Gasteiger partial charge on any atom is -0.00489 e. The molecule has 0 bridgehead atoms. The number of rotatable bonds is 30. The standard InChI is InChI=1S/C36H67N/c1-3-5-7-9-11-13-15-17-19-20-22-24-26-28-30-32-34-36-37-35-33-31-29-27-25-23-21-18-16-14-12-10-8-6-4-2/h11-14,16-19,37H,3-10,15,20-36H2,1-2H3/b13-11-,14-12-,18-16+,19-17-. The summed E-state index contributed by atoms with van der Waals surface area (Å²) in [6.45, 7) is 6.97. The van der Waals surface area contributed by atoms with Crippen molar-refractivity contribution in [3.05, 3.63) is 48.6 Å². The van der Waals surface area contributed by atoms with E-state index in [4.69, 9.17) is 0 Å². The van der Waals surface area contributed by atoms with E-state index in [2.05, 4.69) is 67.8 Å². The van der Waals surface area contributed by atoms with Gasteiger partial charge in [0.2, 0.25) is 0 Å². The van der Waals surface area contributed by atoms with E-state index in [1.165, 1.54) is 161 Å². The van der Waals surface area contributed by atoms with Crippen molar-refractivity contribution in [3.63, 3.8) is 0 Å². The summed E-state index contributed by atoms with van der Waals surface area (Å²) in [4.78, 5) is 0. The molecular weight excluding hydrogens is 446 g/mol. The Morgan fingerprint density at radius 1 is 0.351 bits per heavy atom. The fourth-order valence-electron chi connectivity index (χ4n) is 4.62. The van der Waals surface area contributed by atoms with Crippen molar-refractivity contribution in [1.82, 2.24) is 5.32 Å². The average molecular weight is 514 g/mol. The molecule has 0 saturated carbocycles. The molecular formula is C36H67N. The molecule has 1 heteroatoms. The van der Waals surface area contributed by atoms with Gasteiger partial charge in [-0.3, -0.25) is 0 Å². The van der Waals surface area contributed by atoms with Gasteiger partial charge >= 0.3 is 0 Å². The second kappa shape index (κ2) is 34.9. The first-order valence-electron chi connectivity index (χ1n) is 16.7. The number of unbranched alkanes of at least 4 members (excludes halogenated alkanes) is 19. The van der Waals surface area contributed by atoms with Crippen LogP contribution in [0.1, 0.15) is 168 Å². The number of hydrogen-bond acceptors (Lipinski definition) is 1. The summed E-state index contributed by atoms with van der Waals surface area (Å²) in [7, 11) is 0. The zero-order chi connectivity index (χ0) is 26.7. The van der Waals surface area contributed by atoms with Gasteiger partial charge in [-0.05, 0) is 83.7 Å². The summed E-state index contributed by atoms with van der Waals surface area (Å²) >= 11 is 0. The van der Waals surface area contributed by atoms with E-state index >= 15 is 0 Å². The smallest absolute Gasteiger partial charge is 0.00489 e. The highest BCUT2D eigenvalue weighted by molar-refractivity contribution is 5.02. The second-order valence-electron chi connectivity index (χ2n) is 10.9. The van der Waals surface area contributed by atoms with Crippen LogP contribution >= 0.6 is 0 Å². The van der Waals surface area contributed by atoms with E-state index in [0.29, 0.717) is 0 Å². The van der Waals surface area contributed by atoms with Crippen molar-refractivity contribution in [3.8, 4) is 0 Å². The lowest BCUT2D eigenvalue weighted by Crippen LogP contribution is -2.16. The molecule has 1 N–H and O–H groups in total. The Balaban J connectivity index is 3.15. The highest BCUT2D eigenvalue weighted by Gasteiger charge is 1.94. The van der Waals surface area contributed by atoms with Crippen LogP contribution in [0.2, 0.25) is 0 Å². The van der Waals surface area contributed by atoms with Crippen molar-refractivity contribution in [2.24, 2.45) is 0 Å². The van der Waals surface area contributed by atoms with E-state index in [1.54, 1.807) is 0 Å². The first-order chi connectivity index (χ1) is 18.4. The van der Waals surface area contributed by atoms with E-state index in [1.807, 2.05) is 0 Å². The first kappa shape index (κ1) is 35.9. The van der Waals surface area contributed by atoms with Crippen LogP contribution < -0.4 is 5.32 Å². The molecule has 0 heterocycles. The normalized spacial score (nSPS) is 12.4. The van der Waals surface area contributed by atoms with E-state index < -0.39 is 0 Å². The molecule has 0 saturated heterocycles. The van der Waals surface area contributed by atoms with Gasteiger partial charge in [0.25, 0.3) is 0 Å². The summed E-state index contributed by atoms with van der Waals surface area (Å²) in [5.74, 6) is 0.